The van der Waals surface area contributed by atoms with Crippen LogP contribution in [0.5, 0.6) is 0 Å². The van der Waals surface area contributed by atoms with Gasteiger partial charge < -0.3 is 15.5 Å². The second kappa shape index (κ2) is 10.5. The van der Waals surface area contributed by atoms with Crippen LogP contribution in [-0.4, -0.2) is 81.0 Å². The summed E-state index contributed by atoms with van der Waals surface area (Å²) in [6.07, 6.45) is 2.25. The molecule has 2 spiro atoms. The molecule has 248 valence electrons. The molecule has 12 nitrogen and oxygen atoms in total. The first-order valence-electron chi connectivity index (χ1n) is 15.9. The van der Waals surface area contributed by atoms with E-state index in [1.165, 1.54) is 0 Å². The minimum atomic E-state index is -1.14. The fraction of sp³-hybridized carbons (Fsp3) is 0.697. The summed E-state index contributed by atoms with van der Waals surface area (Å²) in [7, 11) is 1.61. The second-order valence-electron chi connectivity index (χ2n) is 15.8. The van der Waals surface area contributed by atoms with Crippen molar-refractivity contribution in [3.8, 4) is 0 Å². The highest BCUT2D eigenvalue weighted by Crippen LogP contribution is 2.49. The standard InChI is InChI=1S/C33H50N6O6/c1-12-15-45-39-30(7,8)19-32(20-31(39,9)10)24(40)36(26(42)34-32)22-14-13-21(2)23(16-22)37-25(41)33(35-27(37)43)17-28(3,4)38(44-11)29(5,6)18-33/h13-14,16H,12,15,17-20H2,1-11H3,(H,34,42)(H,35,43). The monoisotopic (exact) mass is 626 g/mol. The molecule has 0 unspecified atom stereocenters. The summed E-state index contributed by atoms with van der Waals surface area (Å²) in [5.74, 6) is -0.719. The van der Waals surface area contributed by atoms with E-state index >= 15 is 0 Å². The van der Waals surface area contributed by atoms with Gasteiger partial charge in [-0.15, -0.1) is 0 Å². The number of nitrogens with zero attached hydrogens (tertiary/aromatic N) is 4. The Kier molecular flexibility index (Phi) is 7.76. The molecule has 4 fully saturated rings. The zero-order valence-corrected chi connectivity index (χ0v) is 28.7. The number of benzene rings is 1. The Bertz CT molecular complexity index is 1400. The van der Waals surface area contributed by atoms with E-state index in [-0.39, 0.29) is 11.8 Å². The molecule has 4 aliphatic heterocycles. The van der Waals surface area contributed by atoms with Gasteiger partial charge in [0.15, 0.2) is 0 Å². The number of hydroxylamine groups is 4. The number of carbonyl (C=O) groups is 4. The molecule has 4 saturated heterocycles. The zero-order chi connectivity index (χ0) is 33.5. The van der Waals surface area contributed by atoms with Crippen LogP contribution in [0.4, 0.5) is 21.0 Å². The van der Waals surface area contributed by atoms with Crippen molar-refractivity contribution in [2.75, 3.05) is 23.5 Å². The first kappa shape index (κ1) is 33.3. The van der Waals surface area contributed by atoms with Crippen LogP contribution in [0.25, 0.3) is 0 Å². The van der Waals surface area contributed by atoms with Crippen LogP contribution >= 0.6 is 0 Å². The highest BCUT2D eigenvalue weighted by atomic mass is 16.7. The smallest absolute Gasteiger partial charge is 0.323 e. The number of nitrogens with one attached hydrogen (secondary N) is 2. The number of hydrogen-bond donors (Lipinski definition) is 2. The van der Waals surface area contributed by atoms with Crippen molar-refractivity contribution < 1.29 is 28.9 Å². The van der Waals surface area contributed by atoms with Crippen LogP contribution in [0.3, 0.4) is 0 Å². The Morgan fingerprint density at radius 3 is 1.62 bits per heavy atom. The van der Waals surface area contributed by atoms with Crippen LogP contribution in [-0.2, 0) is 19.3 Å². The lowest BCUT2D eigenvalue weighted by atomic mass is 9.70. The summed E-state index contributed by atoms with van der Waals surface area (Å²) in [5, 5.41) is 9.90. The quantitative estimate of drug-likeness (QED) is 0.432. The highest BCUT2D eigenvalue weighted by Gasteiger charge is 2.64. The summed E-state index contributed by atoms with van der Waals surface area (Å²) >= 11 is 0. The molecular weight excluding hydrogens is 576 g/mol. The van der Waals surface area contributed by atoms with Crippen molar-refractivity contribution in [3.63, 3.8) is 0 Å². The van der Waals surface area contributed by atoms with Gasteiger partial charge in [0, 0.05) is 22.2 Å². The van der Waals surface area contributed by atoms with Gasteiger partial charge >= 0.3 is 12.1 Å². The number of amides is 6. The lowest BCUT2D eigenvalue weighted by molar-refractivity contribution is -0.288. The molecule has 12 heteroatoms. The third-order valence-corrected chi connectivity index (χ3v) is 9.76. The molecule has 4 aliphatic rings. The number of imide groups is 2. The predicted molar refractivity (Wildman–Crippen MR) is 170 cm³/mol. The average molecular weight is 627 g/mol. The van der Waals surface area contributed by atoms with Crippen LogP contribution < -0.4 is 20.4 Å². The van der Waals surface area contributed by atoms with Crippen molar-refractivity contribution in [2.24, 2.45) is 0 Å². The topological polar surface area (TPSA) is 124 Å². The minimum Gasteiger partial charge on any atom is -0.323 e. The van der Waals surface area contributed by atoms with E-state index in [4.69, 9.17) is 9.68 Å². The molecule has 5 rings (SSSR count). The number of carbonyl (C=O) groups excluding carboxylic acids is 4. The number of hydrogen-bond acceptors (Lipinski definition) is 8. The van der Waals surface area contributed by atoms with E-state index < -0.39 is 45.3 Å². The molecule has 0 saturated carbocycles. The number of urea groups is 2. The van der Waals surface area contributed by atoms with E-state index in [1.807, 2.05) is 72.4 Å². The van der Waals surface area contributed by atoms with Gasteiger partial charge in [-0.25, -0.2) is 19.4 Å². The first-order valence-corrected chi connectivity index (χ1v) is 15.9. The van der Waals surface area contributed by atoms with Gasteiger partial charge in [0.1, 0.15) is 11.1 Å². The van der Waals surface area contributed by atoms with Crippen molar-refractivity contribution in [1.29, 1.82) is 0 Å². The Hall–Kier alpha value is -3.06. The third kappa shape index (κ3) is 5.14. The number of anilines is 2. The Morgan fingerprint density at radius 1 is 0.711 bits per heavy atom. The summed E-state index contributed by atoms with van der Waals surface area (Å²) in [6.45, 7) is 20.4. The minimum absolute atomic E-state index is 0.298. The molecule has 1 aromatic carbocycles. The van der Waals surface area contributed by atoms with Gasteiger partial charge in [-0.1, -0.05) is 13.0 Å². The first-order chi connectivity index (χ1) is 20.7. The maximum absolute atomic E-state index is 14.3. The summed E-state index contributed by atoms with van der Waals surface area (Å²) in [5.41, 5.74) is -3.20. The lowest BCUT2D eigenvalue weighted by Crippen LogP contribution is -2.69. The fourth-order valence-corrected chi connectivity index (χ4v) is 9.18. The van der Waals surface area contributed by atoms with Gasteiger partial charge in [0.2, 0.25) is 0 Å². The van der Waals surface area contributed by atoms with E-state index in [2.05, 4.69) is 10.6 Å². The summed E-state index contributed by atoms with van der Waals surface area (Å²) in [4.78, 5) is 69.9. The average Bonchev–Trinajstić information content (AvgIpc) is 3.23. The second-order valence-corrected chi connectivity index (χ2v) is 15.8. The van der Waals surface area contributed by atoms with Crippen LogP contribution in [0.1, 0.15) is 100.0 Å². The van der Waals surface area contributed by atoms with Crippen LogP contribution in [0.2, 0.25) is 0 Å². The van der Waals surface area contributed by atoms with E-state index in [1.54, 1.807) is 32.2 Å². The number of rotatable bonds is 6. The maximum atomic E-state index is 14.3. The van der Waals surface area contributed by atoms with E-state index in [0.717, 1.165) is 16.2 Å². The number of piperidine rings is 2. The lowest BCUT2D eigenvalue weighted by Gasteiger charge is -2.56. The van der Waals surface area contributed by atoms with E-state index in [9.17, 15) is 19.2 Å². The zero-order valence-electron chi connectivity index (χ0n) is 28.7. The third-order valence-electron chi connectivity index (χ3n) is 9.76. The normalized spacial score (nSPS) is 26.6. The van der Waals surface area contributed by atoms with Gasteiger partial charge in [-0.2, -0.15) is 10.1 Å². The fourth-order valence-electron chi connectivity index (χ4n) is 9.18. The van der Waals surface area contributed by atoms with Crippen LogP contribution in [0.15, 0.2) is 18.2 Å². The SMILES string of the molecule is CCCON1C(C)(C)CC2(CC1(C)C)NC(=O)N(c1ccc(C)c(N3C(=O)NC4(CC(C)(C)N(OC)C(C)(C)C4)C3=O)c1)C2=O. The van der Waals surface area contributed by atoms with Gasteiger partial charge in [0.05, 0.1) is 25.1 Å². The Morgan fingerprint density at radius 2 is 1.16 bits per heavy atom. The van der Waals surface area contributed by atoms with Gasteiger partial charge in [0.25, 0.3) is 11.8 Å². The predicted octanol–water partition coefficient (Wildman–Crippen LogP) is 4.79. The molecule has 1 aromatic rings. The van der Waals surface area contributed by atoms with Crippen molar-refractivity contribution in [2.45, 2.75) is 135 Å². The highest BCUT2D eigenvalue weighted by molar-refractivity contribution is 6.26. The Labute approximate surface area is 266 Å². The molecule has 0 atom stereocenters. The molecular formula is C33H50N6O6. The molecule has 0 aliphatic carbocycles. The molecule has 2 N–H and O–H groups in total. The van der Waals surface area contributed by atoms with Gasteiger partial charge in [-0.05, 0) is 112 Å². The van der Waals surface area contributed by atoms with Crippen molar-refractivity contribution in [1.82, 2.24) is 20.8 Å². The molecule has 0 bridgehead atoms. The van der Waals surface area contributed by atoms with E-state index in [0.29, 0.717) is 49.2 Å². The molecule has 45 heavy (non-hydrogen) atoms. The van der Waals surface area contributed by atoms with Crippen molar-refractivity contribution in [3.05, 3.63) is 23.8 Å². The number of aryl methyl sites for hydroxylation is 1. The molecule has 0 radical (unpaired) electrons. The largest absolute Gasteiger partial charge is 0.329 e. The summed E-state index contributed by atoms with van der Waals surface area (Å²) in [6, 6.07) is 3.95. The molecule has 6 amide bonds. The Balaban J connectivity index is 1.48. The van der Waals surface area contributed by atoms with Crippen LogP contribution in [0, 0.1) is 6.92 Å². The van der Waals surface area contributed by atoms with Crippen molar-refractivity contribution >= 4 is 35.3 Å². The molecule has 4 heterocycles. The van der Waals surface area contributed by atoms with Gasteiger partial charge in [-0.3, -0.25) is 14.4 Å². The molecule has 0 aromatic heterocycles. The maximum Gasteiger partial charge on any atom is 0.329 e. The summed E-state index contributed by atoms with van der Waals surface area (Å²) < 4.78 is 0.